The smallest absolute Gasteiger partial charge is 0.319 e. The van der Waals surface area contributed by atoms with Crippen LogP contribution in [0.1, 0.15) is 43.2 Å². The SMILES string of the molecule is O=C(NC1CCCCC1)N1CCSC12C(=O)N(Cc1ccccc1F)c1ccc(Cl)cc12. The Morgan fingerprint density at radius 3 is 2.75 bits per heavy atom. The van der Waals surface area contributed by atoms with Crippen molar-refractivity contribution in [3.63, 3.8) is 0 Å². The van der Waals surface area contributed by atoms with Crippen molar-refractivity contribution in [2.45, 2.75) is 49.6 Å². The van der Waals surface area contributed by atoms with E-state index in [9.17, 15) is 14.0 Å². The summed E-state index contributed by atoms with van der Waals surface area (Å²) in [5, 5.41) is 3.67. The molecule has 32 heavy (non-hydrogen) atoms. The molecule has 1 saturated heterocycles. The van der Waals surface area contributed by atoms with Crippen molar-refractivity contribution >= 4 is 41.0 Å². The van der Waals surface area contributed by atoms with Crippen LogP contribution in [-0.4, -0.2) is 35.2 Å². The number of anilines is 1. The molecule has 3 amide bonds. The summed E-state index contributed by atoms with van der Waals surface area (Å²) in [6, 6.07) is 11.7. The first kappa shape index (κ1) is 21.6. The maximum Gasteiger partial charge on any atom is 0.319 e. The van der Waals surface area contributed by atoms with Gasteiger partial charge in [0, 0.05) is 34.5 Å². The molecule has 2 aromatic carbocycles. The van der Waals surface area contributed by atoms with Crippen LogP contribution < -0.4 is 10.2 Å². The standard InChI is InChI=1S/C24H25ClFN3O2S/c25-17-10-11-21-19(14-17)24(22(30)28(21)15-16-6-4-5-9-20(16)26)29(12-13-32-24)23(31)27-18-7-2-1-3-8-18/h4-6,9-11,14,18H,1-3,7-8,12-13,15H2,(H,27,31). The Labute approximate surface area is 196 Å². The van der Waals surface area contributed by atoms with Gasteiger partial charge in [0.2, 0.25) is 0 Å². The Bertz CT molecular complexity index is 1060. The van der Waals surface area contributed by atoms with E-state index < -0.39 is 4.87 Å². The van der Waals surface area contributed by atoms with E-state index in [1.54, 1.807) is 46.2 Å². The lowest BCUT2D eigenvalue weighted by Gasteiger charge is -2.35. The average molecular weight is 474 g/mol. The summed E-state index contributed by atoms with van der Waals surface area (Å²) in [7, 11) is 0. The third-order valence-electron chi connectivity index (χ3n) is 6.62. The van der Waals surface area contributed by atoms with Gasteiger partial charge in [0.25, 0.3) is 5.91 Å². The molecule has 2 aromatic rings. The van der Waals surface area contributed by atoms with Crippen LogP contribution in [-0.2, 0) is 16.2 Å². The second-order valence-electron chi connectivity index (χ2n) is 8.57. The minimum atomic E-state index is -1.18. The summed E-state index contributed by atoms with van der Waals surface area (Å²) in [6.45, 7) is 0.564. The molecule has 0 radical (unpaired) electrons. The number of nitrogens with zero attached hydrogens (tertiary/aromatic N) is 2. The molecule has 1 unspecified atom stereocenters. The zero-order valence-electron chi connectivity index (χ0n) is 17.7. The van der Waals surface area contributed by atoms with Crippen LogP contribution in [0.2, 0.25) is 5.02 Å². The average Bonchev–Trinajstić information content (AvgIpc) is 3.33. The molecule has 5 nitrogen and oxygen atoms in total. The van der Waals surface area contributed by atoms with Crippen LogP contribution in [0.4, 0.5) is 14.9 Å². The molecule has 2 heterocycles. The van der Waals surface area contributed by atoms with E-state index >= 15 is 0 Å². The number of halogens is 2. The number of carbonyl (C=O) groups is 2. The number of fused-ring (bicyclic) bond motifs is 2. The van der Waals surface area contributed by atoms with Gasteiger partial charge in [-0.2, -0.15) is 0 Å². The number of hydrogen-bond acceptors (Lipinski definition) is 3. The molecular formula is C24H25ClFN3O2S. The van der Waals surface area contributed by atoms with E-state index in [-0.39, 0.29) is 30.3 Å². The lowest BCUT2D eigenvalue weighted by atomic mass is 9.95. The molecule has 5 rings (SSSR count). The first-order chi connectivity index (χ1) is 15.5. The minimum Gasteiger partial charge on any atom is -0.335 e. The Hall–Kier alpha value is -2.25. The summed E-state index contributed by atoms with van der Waals surface area (Å²) < 4.78 is 14.4. The van der Waals surface area contributed by atoms with E-state index in [1.165, 1.54) is 24.2 Å². The minimum absolute atomic E-state index is 0.0978. The molecule has 1 atom stereocenters. The summed E-state index contributed by atoms with van der Waals surface area (Å²) in [5.74, 6) is 0.0607. The van der Waals surface area contributed by atoms with Crippen molar-refractivity contribution in [1.82, 2.24) is 10.2 Å². The fourth-order valence-electron chi connectivity index (χ4n) is 5.04. The van der Waals surface area contributed by atoms with Gasteiger partial charge in [-0.05, 0) is 37.1 Å². The first-order valence-corrected chi connectivity index (χ1v) is 12.4. The van der Waals surface area contributed by atoms with Crippen LogP contribution in [0.5, 0.6) is 0 Å². The molecular weight excluding hydrogens is 449 g/mol. The van der Waals surface area contributed by atoms with E-state index in [0.29, 0.717) is 34.1 Å². The summed E-state index contributed by atoms with van der Waals surface area (Å²) in [6.07, 6.45) is 5.35. The number of benzene rings is 2. The monoisotopic (exact) mass is 473 g/mol. The number of thioether (sulfide) groups is 1. The van der Waals surface area contributed by atoms with Crippen LogP contribution in [0.15, 0.2) is 42.5 Å². The predicted octanol–water partition coefficient (Wildman–Crippen LogP) is 5.27. The molecule has 1 saturated carbocycles. The normalized spacial score (nSPS) is 23.1. The lowest BCUT2D eigenvalue weighted by Crippen LogP contribution is -2.55. The third kappa shape index (κ3) is 3.55. The molecule has 1 N–H and O–H groups in total. The van der Waals surface area contributed by atoms with Crippen molar-refractivity contribution in [2.24, 2.45) is 0 Å². The number of urea groups is 1. The molecule has 0 aromatic heterocycles. The second-order valence-corrected chi connectivity index (χ2v) is 10.3. The maximum atomic E-state index is 14.4. The molecule has 168 valence electrons. The predicted molar refractivity (Wildman–Crippen MR) is 125 cm³/mol. The van der Waals surface area contributed by atoms with Gasteiger partial charge in [0.1, 0.15) is 5.82 Å². The quantitative estimate of drug-likeness (QED) is 0.660. The van der Waals surface area contributed by atoms with Crippen molar-refractivity contribution in [3.05, 3.63) is 64.4 Å². The maximum absolute atomic E-state index is 14.4. The highest BCUT2D eigenvalue weighted by atomic mass is 35.5. The number of amides is 3. The van der Waals surface area contributed by atoms with Gasteiger partial charge in [0.15, 0.2) is 4.87 Å². The van der Waals surface area contributed by atoms with Crippen molar-refractivity contribution in [3.8, 4) is 0 Å². The van der Waals surface area contributed by atoms with Crippen LogP contribution in [0.3, 0.4) is 0 Å². The Morgan fingerprint density at radius 1 is 1.19 bits per heavy atom. The number of carbonyl (C=O) groups excluding carboxylic acids is 2. The summed E-state index contributed by atoms with van der Waals surface area (Å²) in [5.41, 5.74) is 1.81. The molecule has 1 spiro atoms. The van der Waals surface area contributed by atoms with Gasteiger partial charge < -0.3 is 10.2 Å². The Balaban J connectivity index is 1.51. The summed E-state index contributed by atoms with van der Waals surface area (Å²) >= 11 is 7.78. The number of nitrogens with one attached hydrogen (secondary N) is 1. The third-order valence-corrected chi connectivity index (χ3v) is 8.27. The van der Waals surface area contributed by atoms with E-state index in [2.05, 4.69) is 5.32 Å². The van der Waals surface area contributed by atoms with Gasteiger partial charge in [0.05, 0.1) is 12.2 Å². The van der Waals surface area contributed by atoms with Crippen molar-refractivity contribution < 1.29 is 14.0 Å². The highest BCUT2D eigenvalue weighted by molar-refractivity contribution is 8.01. The largest absolute Gasteiger partial charge is 0.335 e. The van der Waals surface area contributed by atoms with Gasteiger partial charge >= 0.3 is 6.03 Å². The van der Waals surface area contributed by atoms with E-state index in [4.69, 9.17) is 11.6 Å². The van der Waals surface area contributed by atoms with Crippen LogP contribution in [0.25, 0.3) is 0 Å². The Morgan fingerprint density at radius 2 is 1.97 bits per heavy atom. The van der Waals surface area contributed by atoms with Crippen molar-refractivity contribution in [1.29, 1.82) is 0 Å². The van der Waals surface area contributed by atoms with E-state index in [1.807, 2.05) is 0 Å². The lowest BCUT2D eigenvalue weighted by molar-refractivity contribution is -0.123. The number of hydrogen-bond donors (Lipinski definition) is 1. The molecule has 8 heteroatoms. The van der Waals surface area contributed by atoms with E-state index in [0.717, 1.165) is 25.7 Å². The molecule has 3 aliphatic rings. The molecule has 2 fully saturated rings. The van der Waals surface area contributed by atoms with Gasteiger partial charge in [-0.3, -0.25) is 9.69 Å². The fourth-order valence-corrected chi connectivity index (χ4v) is 6.66. The molecule has 2 aliphatic heterocycles. The zero-order chi connectivity index (χ0) is 22.3. The molecule has 1 aliphatic carbocycles. The van der Waals surface area contributed by atoms with Gasteiger partial charge in [-0.25, -0.2) is 9.18 Å². The summed E-state index contributed by atoms with van der Waals surface area (Å²) in [4.78, 5) is 29.4. The van der Waals surface area contributed by atoms with Crippen molar-refractivity contribution in [2.75, 3.05) is 17.2 Å². The highest BCUT2D eigenvalue weighted by Crippen LogP contribution is 2.55. The highest BCUT2D eigenvalue weighted by Gasteiger charge is 2.59. The topological polar surface area (TPSA) is 52.7 Å². The molecule has 0 bridgehead atoms. The zero-order valence-corrected chi connectivity index (χ0v) is 19.2. The van der Waals surface area contributed by atoms with Crippen LogP contribution in [0, 0.1) is 5.82 Å². The van der Waals surface area contributed by atoms with Gasteiger partial charge in [-0.15, -0.1) is 11.8 Å². The second kappa shape index (κ2) is 8.60. The fraction of sp³-hybridized carbons (Fsp3) is 0.417. The van der Waals surface area contributed by atoms with Crippen LogP contribution >= 0.6 is 23.4 Å². The number of rotatable bonds is 3. The first-order valence-electron chi connectivity index (χ1n) is 11.1. The van der Waals surface area contributed by atoms with Gasteiger partial charge in [-0.1, -0.05) is 49.1 Å². The Kier molecular flexibility index (Phi) is 5.80.